The van der Waals surface area contributed by atoms with E-state index in [2.05, 4.69) is 18.5 Å². The Kier molecular flexibility index (Phi) is 11.8. The second-order valence-electron chi connectivity index (χ2n) is 6.95. The lowest BCUT2D eigenvalue weighted by Gasteiger charge is -2.16. The first-order chi connectivity index (χ1) is 16.1. The monoisotopic (exact) mass is 505 g/mol. The number of allylic oxidation sites excluding steroid dienone is 4. The number of amidine groups is 1. The van der Waals surface area contributed by atoms with Crippen LogP contribution in [-0.4, -0.2) is 43.6 Å². The first kappa shape index (κ1) is 28.6. The van der Waals surface area contributed by atoms with E-state index in [0.29, 0.717) is 11.3 Å². The zero-order valence-electron chi connectivity index (χ0n) is 19.1. The molecule has 34 heavy (non-hydrogen) atoms. The highest BCUT2D eigenvalue weighted by molar-refractivity contribution is 6.26. The lowest BCUT2D eigenvalue weighted by Crippen LogP contribution is -2.25. The lowest BCUT2D eigenvalue weighted by molar-refractivity contribution is -0.116. The third-order valence-corrected chi connectivity index (χ3v) is 4.81. The van der Waals surface area contributed by atoms with Crippen LogP contribution in [0.5, 0.6) is 0 Å². The van der Waals surface area contributed by atoms with E-state index in [1.165, 1.54) is 54.0 Å². The molecule has 2 N–H and O–H groups in total. The van der Waals surface area contributed by atoms with Gasteiger partial charge in [0.1, 0.15) is 17.4 Å². The van der Waals surface area contributed by atoms with Gasteiger partial charge in [0, 0.05) is 54.0 Å². The molecule has 0 unspecified atom stereocenters. The molecule has 0 aliphatic rings. The summed E-state index contributed by atoms with van der Waals surface area (Å²) in [5.74, 6) is -1.91. The summed E-state index contributed by atoms with van der Waals surface area (Å²) in [6, 6.07) is 3.89. The Bertz CT molecular complexity index is 1100. The van der Waals surface area contributed by atoms with Crippen LogP contribution < -0.4 is 5.32 Å². The summed E-state index contributed by atoms with van der Waals surface area (Å²) in [4.78, 5) is 27.5. The number of halogens is 3. The van der Waals surface area contributed by atoms with E-state index in [9.17, 15) is 14.0 Å². The quantitative estimate of drug-likeness (QED) is 0.105. The van der Waals surface area contributed by atoms with E-state index in [-0.39, 0.29) is 28.3 Å². The van der Waals surface area contributed by atoms with Crippen LogP contribution >= 0.6 is 23.2 Å². The van der Waals surface area contributed by atoms with Crippen LogP contribution in [0.25, 0.3) is 0 Å². The molecule has 0 aliphatic heterocycles. The van der Waals surface area contributed by atoms with Gasteiger partial charge in [0.2, 0.25) is 0 Å². The number of carbonyl (C=O) groups is 2. The molecule has 9 heteroatoms. The normalized spacial score (nSPS) is 12.4. The van der Waals surface area contributed by atoms with Crippen molar-refractivity contribution in [2.75, 3.05) is 21.2 Å². The van der Waals surface area contributed by atoms with Gasteiger partial charge in [-0.1, -0.05) is 42.4 Å². The standard InChI is InChI=1S/C25H26Cl2FN3O3/c1-6-18(8-7-12-26)30-25(33)19(11-13-27)21(16(2)34-5)15-23(32)20-10-9-17(14-22(20)28)24(29)31(3)4/h6-14,29H,1-2,15H2,3-5H3,(H,30,33)/b12-7+,13-11+,18-8+,21-19+,29-24?. The van der Waals surface area contributed by atoms with Gasteiger partial charge in [-0.15, -0.1) is 0 Å². The minimum atomic E-state index is -0.792. The minimum absolute atomic E-state index is 0.00998. The van der Waals surface area contributed by atoms with Gasteiger partial charge >= 0.3 is 0 Å². The fourth-order valence-electron chi connectivity index (χ4n) is 2.75. The van der Waals surface area contributed by atoms with Gasteiger partial charge in [-0.25, -0.2) is 4.39 Å². The van der Waals surface area contributed by atoms with Crippen molar-refractivity contribution in [3.05, 3.63) is 106 Å². The van der Waals surface area contributed by atoms with Gasteiger partial charge in [0.25, 0.3) is 5.91 Å². The topological polar surface area (TPSA) is 82.5 Å². The van der Waals surface area contributed by atoms with Crippen molar-refractivity contribution in [2.24, 2.45) is 0 Å². The van der Waals surface area contributed by atoms with Gasteiger partial charge in [-0.3, -0.25) is 15.0 Å². The number of carbonyl (C=O) groups excluding carboxylic acids is 2. The fourth-order valence-corrected chi connectivity index (χ4v) is 2.94. The SMILES string of the molecule is C=C/C(=C\C=C\Cl)NC(=O)C(/C=C/Cl)=C(\CC(=O)c1ccc(C(=N)N(C)C)cc1F)C(=C)OC. The molecule has 0 saturated heterocycles. The van der Waals surface area contributed by atoms with Crippen LogP contribution in [0.2, 0.25) is 0 Å². The number of hydrogen-bond acceptors (Lipinski definition) is 4. The predicted molar refractivity (Wildman–Crippen MR) is 135 cm³/mol. The molecule has 0 heterocycles. The Morgan fingerprint density at radius 1 is 1.26 bits per heavy atom. The number of hydrogen-bond donors (Lipinski definition) is 2. The van der Waals surface area contributed by atoms with Crippen molar-refractivity contribution < 1.29 is 18.7 Å². The molecule has 1 amide bonds. The Balaban J connectivity index is 3.44. The zero-order chi connectivity index (χ0) is 25.8. The Morgan fingerprint density at radius 3 is 2.44 bits per heavy atom. The summed E-state index contributed by atoms with van der Waals surface area (Å²) in [5.41, 5.74) is 2.90. The number of Topliss-reactive ketones (excluding diaryl/α,β-unsaturated/α-hetero) is 1. The molecule has 1 rings (SSSR count). The number of nitrogens with one attached hydrogen (secondary N) is 2. The molecule has 0 saturated carbocycles. The van der Waals surface area contributed by atoms with Crippen LogP contribution in [-0.2, 0) is 9.53 Å². The summed E-state index contributed by atoms with van der Waals surface area (Å²) in [5, 5.41) is 10.6. The van der Waals surface area contributed by atoms with Crippen molar-refractivity contribution in [3.8, 4) is 0 Å². The lowest BCUT2D eigenvalue weighted by atomic mass is 9.96. The Morgan fingerprint density at radius 2 is 1.94 bits per heavy atom. The molecular weight excluding hydrogens is 480 g/mol. The summed E-state index contributed by atoms with van der Waals surface area (Å²) in [7, 11) is 4.64. The smallest absolute Gasteiger partial charge is 0.256 e. The van der Waals surface area contributed by atoms with Gasteiger partial charge < -0.3 is 15.0 Å². The van der Waals surface area contributed by atoms with Crippen LogP contribution in [0.3, 0.4) is 0 Å². The number of nitrogens with zero attached hydrogens (tertiary/aromatic N) is 1. The second-order valence-corrected chi connectivity index (χ2v) is 7.45. The number of methoxy groups -OCH3 is 1. The highest BCUT2D eigenvalue weighted by atomic mass is 35.5. The minimum Gasteiger partial charge on any atom is -0.497 e. The molecule has 180 valence electrons. The Labute approximate surface area is 208 Å². The van der Waals surface area contributed by atoms with Gasteiger partial charge in [-0.05, 0) is 36.4 Å². The maximum absolute atomic E-state index is 14.7. The molecule has 0 spiro atoms. The van der Waals surface area contributed by atoms with E-state index >= 15 is 0 Å². The zero-order valence-corrected chi connectivity index (χ0v) is 20.6. The van der Waals surface area contributed by atoms with Crippen LogP contribution in [0.4, 0.5) is 4.39 Å². The van der Waals surface area contributed by atoms with Crippen molar-refractivity contribution in [1.29, 1.82) is 5.41 Å². The number of amides is 1. The third-order valence-electron chi connectivity index (χ3n) is 4.54. The summed E-state index contributed by atoms with van der Waals surface area (Å²) < 4.78 is 19.9. The van der Waals surface area contributed by atoms with Crippen LogP contribution in [0.1, 0.15) is 22.3 Å². The summed E-state index contributed by atoms with van der Waals surface area (Å²) in [6.07, 6.45) is 5.28. The van der Waals surface area contributed by atoms with E-state index in [1.807, 2.05) is 0 Å². The van der Waals surface area contributed by atoms with Crippen molar-refractivity contribution in [1.82, 2.24) is 10.2 Å². The first-order valence-electron chi connectivity index (χ1n) is 9.84. The van der Waals surface area contributed by atoms with Crippen LogP contribution in [0.15, 0.2) is 89.3 Å². The molecule has 6 nitrogen and oxygen atoms in total. The average Bonchev–Trinajstić information content (AvgIpc) is 2.82. The number of ether oxygens (including phenoxy) is 1. The Hall–Kier alpha value is -3.42. The van der Waals surface area contributed by atoms with Crippen molar-refractivity contribution >= 4 is 40.7 Å². The van der Waals surface area contributed by atoms with Gasteiger partial charge in [0.15, 0.2) is 5.78 Å². The van der Waals surface area contributed by atoms with E-state index in [4.69, 9.17) is 33.3 Å². The van der Waals surface area contributed by atoms with E-state index in [1.54, 1.807) is 14.1 Å². The summed E-state index contributed by atoms with van der Waals surface area (Å²) in [6.45, 7) is 7.37. The first-order valence-corrected chi connectivity index (χ1v) is 10.7. The van der Waals surface area contributed by atoms with Crippen LogP contribution in [0, 0.1) is 11.2 Å². The van der Waals surface area contributed by atoms with Crippen molar-refractivity contribution in [3.63, 3.8) is 0 Å². The number of benzene rings is 1. The van der Waals surface area contributed by atoms with Gasteiger partial charge in [0.05, 0.1) is 12.7 Å². The molecule has 0 aromatic heterocycles. The molecule has 1 aromatic carbocycles. The van der Waals surface area contributed by atoms with Gasteiger partial charge in [-0.2, -0.15) is 0 Å². The molecule has 0 bridgehead atoms. The molecule has 1 aromatic rings. The number of rotatable bonds is 11. The van der Waals surface area contributed by atoms with Crippen molar-refractivity contribution in [2.45, 2.75) is 6.42 Å². The number of ketones is 1. The molecule has 0 radical (unpaired) electrons. The highest BCUT2D eigenvalue weighted by Gasteiger charge is 2.22. The average molecular weight is 506 g/mol. The maximum atomic E-state index is 14.7. The van der Waals surface area contributed by atoms with E-state index < -0.39 is 23.9 Å². The maximum Gasteiger partial charge on any atom is 0.256 e. The highest BCUT2D eigenvalue weighted by Crippen LogP contribution is 2.24. The van der Waals surface area contributed by atoms with E-state index in [0.717, 1.165) is 11.6 Å². The third kappa shape index (κ3) is 7.86. The predicted octanol–water partition coefficient (Wildman–Crippen LogP) is 5.43. The molecule has 0 atom stereocenters. The molecule has 0 aliphatic carbocycles. The fraction of sp³-hybridized carbons (Fsp3) is 0.160. The second kappa shape index (κ2) is 14.0. The largest absolute Gasteiger partial charge is 0.497 e. The summed E-state index contributed by atoms with van der Waals surface area (Å²) >= 11 is 11.3. The molecular formula is C25H26Cl2FN3O3. The molecule has 0 fully saturated rings.